The Morgan fingerprint density at radius 3 is 2.55 bits per heavy atom. The number of fused-ring (bicyclic) bond motifs is 1. The first-order valence-electron chi connectivity index (χ1n) is 11.7. The van der Waals surface area contributed by atoms with E-state index in [-0.39, 0.29) is 18.3 Å². The Balaban J connectivity index is 1.56. The van der Waals surface area contributed by atoms with Crippen molar-refractivity contribution in [2.75, 3.05) is 0 Å². The monoisotopic (exact) mass is 457 g/mol. The van der Waals surface area contributed by atoms with Crippen LogP contribution in [0.5, 0.6) is 5.75 Å². The fourth-order valence-electron chi connectivity index (χ4n) is 4.93. The first kappa shape index (κ1) is 23.4. The number of ketones is 1. The normalized spacial score (nSPS) is 14.8. The fourth-order valence-corrected chi connectivity index (χ4v) is 4.93. The summed E-state index contributed by atoms with van der Waals surface area (Å²) >= 11 is 0. The van der Waals surface area contributed by atoms with Crippen LogP contribution in [0.4, 0.5) is 13.2 Å². The molecule has 0 aliphatic heterocycles. The predicted octanol–water partition coefficient (Wildman–Crippen LogP) is 7.44. The second kappa shape index (κ2) is 9.62. The summed E-state index contributed by atoms with van der Waals surface area (Å²) in [6, 6.07) is 10.5. The molecule has 0 radical (unpaired) electrons. The van der Waals surface area contributed by atoms with Gasteiger partial charge in [0, 0.05) is 24.5 Å². The molecule has 0 unspecified atom stereocenters. The number of Topliss-reactive ketones (excluding diaryl/α,β-unsaturated/α-hetero) is 1. The molecule has 0 spiro atoms. The second-order valence-corrected chi connectivity index (χ2v) is 9.02. The number of nitrogens with zero attached hydrogens (tertiary/aromatic N) is 1. The predicted molar refractivity (Wildman–Crippen MR) is 124 cm³/mol. The highest BCUT2D eigenvalue weighted by atomic mass is 19.4. The van der Waals surface area contributed by atoms with Crippen LogP contribution in [0.25, 0.3) is 10.9 Å². The number of aromatic nitrogens is 1. The number of aryl methyl sites for hydroxylation is 2. The highest BCUT2D eigenvalue weighted by Crippen LogP contribution is 2.42. The first-order valence-corrected chi connectivity index (χ1v) is 11.7. The van der Waals surface area contributed by atoms with Gasteiger partial charge in [-0.15, -0.1) is 0 Å². The van der Waals surface area contributed by atoms with Gasteiger partial charge in [-0.3, -0.25) is 4.79 Å². The number of hydrogen-bond acceptors (Lipinski definition) is 2. The minimum atomic E-state index is -4.37. The van der Waals surface area contributed by atoms with Crippen molar-refractivity contribution in [3.8, 4) is 5.75 Å². The lowest BCUT2D eigenvalue weighted by Gasteiger charge is -2.19. The van der Waals surface area contributed by atoms with Crippen molar-refractivity contribution in [3.63, 3.8) is 0 Å². The lowest BCUT2D eigenvalue weighted by atomic mass is 9.91. The molecule has 2 aromatic carbocycles. The largest absolute Gasteiger partial charge is 0.489 e. The molecule has 1 heterocycles. The molecule has 1 aliphatic carbocycles. The average Bonchev–Trinajstić information content (AvgIpc) is 3.45. The highest BCUT2D eigenvalue weighted by Gasteiger charge is 2.36. The quantitative estimate of drug-likeness (QED) is 0.352. The van der Waals surface area contributed by atoms with E-state index in [2.05, 4.69) is 11.5 Å². The minimum absolute atomic E-state index is 0.00171. The van der Waals surface area contributed by atoms with Crippen molar-refractivity contribution in [3.05, 3.63) is 64.8 Å². The lowest BCUT2D eigenvalue weighted by Crippen LogP contribution is -2.12. The smallest absolute Gasteiger partial charge is 0.416 e. The first-order chi connectivity index (χ1) is 15.8. The summed E-state index contributed by atoms with van der Waals surface area (Å²) < 4.78 is 49.3. The van der Waals surface area contributed by atoms with Gasteiger partial charge in [-0.2, -0.15) is 13.2 Å². The Labute approximate surface area is 192 Å². The third-order valence-electron chi connectivity index (χ3n) is 6.62. The molecule has 3 aromatic rings. The number of alkyl halides is 3. The second-order valence-electron chi connectivity index (χ2n) is 9.02. The van der Waals surface area contributed by atoms with Gasteiger partial charge in [0.05, 0.1) is 11.1 Å². The Bertz CT molecular complexity index is 1140. The van der Waals surface area contributed by atoms with Gasteiger partial charge in [0.15, 0.2) is 0 Å². The van der Waals surface area contributed by atoms with E-state index in [9.17, 15) is 18.0 Å². The summed E-state index contributed by atoms with van der Waals surface area (Å²) in [7, 11) is 0. The van der Waals surface area contributed by atoms with Crippen molar-refractivity contribution in [2.24, 2.45) is 0 Å². The summed E-state index contributed by atoms with van der Waals surface area (Å²) in [6.07, 6.45) is 2.49. The molecule has 6 heteroatoms. The SMILES string of the molecule is CCc1cc(OCc2ccc(C3CCCC3)c(C(F)(F)F)c2)cc2ccn(CCC(C)=O)c12. The summed E-state index contributed by atoms with van der Waals surface area (Å²) in [5.74, 6) is 0.780. The average molecular weight is 458 g/mol. The Kier molecular flexibility index (Phi) is 6.82. The molecule has 33 heavy (non-hydrogen) atoms. The summed E-state index contributed by atoms with van der Waals surface area (Å²) in [4.78, 5) is 11.4. The van der Waals surface area contributed by atoms with Gasteiger partial charge in [0.1, 0.15) is 18.1 Å². The zero-order valence-electron chi connectivity index (χ0n) is 19.2. The number of halogens is 3. The molecule has 0 amide bonds. The van der Waals surface area contributed by atoms with E-state index in [1.165, 1.54) is 6.07 Å². The fraction of sp³-hybridized carbons (Fsp3) is 0.444. The van der Waals surface area contributed by atoms with Gasteiger partial charge >= 0.3 is 6.18 Å². The Hall–Kier alpha value is -2.76. The summed E-state index contributed by atoms with van der Waals surface area (Å²) in [6.45, 7) is 4.34. The van der Waals surface area contributed by atoms with Gasteiger partial charge in [-0.1, -0.05) is 31.9 Å². The van der Waals surface area contributed by atoms with Crippen molar-refractivity contribution in [2.45, 2.75) is 77.6 Å². The molecule has 1 fully saturated rings. The number of benzene rings is 2. The van der Waals surface area contributed by atoms with Crippen molar-refractivity contribution >= 4 is 16.7 Å². The van der Waals surface area contributed by atoms with Crippen LogP contribution < -0.4 is 4.74 Å². The third-order valence-corrected chi connectivity index (χ3v) is 6.62. The molecule has 0 saturated heterocycles. The molecular weight excluding hydrogens is 427 g/mol. The van der Waals surface area contributed by atoms with Crippen LogP contribution in [0.3, 0.4) is 0 Å². The van der Waals surface area contributed by atoms with Crippen molar-refractivity contribution < 1.29 is 22.7 Å². The lowest BCUT2D eigenvalue weighted by molar-refractivity contribution is -0.138. The topological polar surface area (TPSA) is 31.2 Å². The maximum Gasteiger partial charge on any atom is 0.416 e. The Morgan fingerprint density at radius 2 is 1.88 bits per heavy atom. The molecule has 176 valence electrons. The van der Waals surface area contributed by atoms with Gasteiger partial charge in [0.2, 0.25) is 0 Å². The van der Waals surface area contributed by atoms with Crippen LogP contribution in [0, 0.1) is 0 Å². The minimum Gasteiger partial charge on any atom is -0.489 e. The molecule has 1 aromatic heterocycles. The molecule has 0 atom stereocenters. The maximum atomic E-state index is 13.8. The number of carbonyl (C=O) groups is 1. The van der Waals surface area contributed by atoms with Crippen LogP contribution in [0.15, 0.2) is 42.6 Å². The van der Waals surface area contributed by atoms with Crippen LogP contribution >= 0.6 is 0 Å². The molecule has 4 rings (SSSR count). The number of hydrogen-bond donors (Lipinski definition) is 0. The highest BCUT2D eigenvalue weighted by molar-refractivity contribution is 5.85. The van der Waals surface area contributed by atoms with E-state index in [0.29, 0.717) is 29.8 Å². The van der Waals surface area contributed by atoms with Crippen LogP contribution in [-0.2, 0) is 30.5 Å². The van der Waals surface area contributed by atoms with E-state index in [4.69, 9.17) is 4.74 Å². The summed E-state index contributed by atoms with van der Waals surface area (Å²) in [5.41, 5.74) is 2.57. The van der Waals surface area contributed by atoms with Crippen LogP contribution in [0.1, 0.15) is 74.1 Å². The van der Waals surface area contributed by atoms with E-state index in [1.807, 2.05) is 24.4 Å². The molecule has 1 saturated carbocycles. The van der Waals surface area contributed by atoms with E-state index in [0.717, 1.165) is 48.6 Å². The van der Waals surface area contributed by atoms with Gasteiger partial charge in [-0.25, -0.2) is 0 Å². The van der Waals surface area contributed by atoms with Crippen molar-refractivity contribution in [1.29, 1.82) is 0 Å². The van der Waals surface area contributed by atoms with E-state index < -0.39 is 11.7 Å². The van der Waals surface area contributed by atoms with E-state index in [1.54, 1.807) is 19.1 Å². The van der Waals surface area contributed by atoms with Gasteiger partial charge in [-0.05, 0) is 73.1 Å². The number of carbonyl (C=O) groups excluding carboxylic acids is 1. The standard InChI is InChI=1S/C27H30F3NO2/c1-3-20-15-23(16-22-11-13-31(26(20)22)12-10-18(2)32)33-17-19-8-9-24(21-6-4-5-7-21)25(14-19)27(28,29)30/h8-9,11,13-16,21H,3-7,10,12,17H2,1-2H3. The molecule has 3 nitrogen and oxygen atoms in total. The van der Waals surface area contributed by atoms with Crippen molar-refractivity contribution in [1.82, 2.24) is 4.57 Å². The third kappa shape index (κ3) is 5.26. The summed E-state index contributed by atoms with van der Waals surface area (Å²) in [5, 5.41) is 1.00. The Morgan fingerprint density at radius 1 is 1.12 bits per heavy atom. The van der Waals surface area contributed by atoms with Gasteiger partial charge < -0.3 is 9.30 Å². The molecule has 0 N–H and O–H groups in total. The number of ether oxygens (including phenoxy) is 1. The molecular formula is C27H30F3NO2. The number of rotatable bonds is 8. The van der Waals surface area contributed by atoms with Gasteiger partial charge in [0.25, 0.3) is 0 Å². The molecule has 0 bridgehead atoms. The van der Waals surface area contributed by atoms with Crippen LogP contribution in [-0.4, -0.2) is 10.4 Å². The van der Waals surface area contributed by atoms with Crippen LogP contribution in [0.2, 0.25) is 0 Å². The molecule has 1 aliphatic rings. The zero-order valence-corrected chi connectivity index (χ0v) is 19.2. The maximum absolute atomic E-state index is 13.8. The van der Waals surface area contributed by atoms with E-state index >= 15 is 0 Å². The zero-order chi connectivity index (χ0) is 23.6.